The predicted octanol–water partition coefficient (Wildman–Crippen LogP) is 0.231. The number of benzene rings is 1. The van der Waals surface area contributed by atoms with Gasteiger partial charge in [0.25, 0.3) is 5.91 Å². The molecule has 3 fully saturated rings. The van der Waals surface area contributed by atoms with E-state index in [-0.39, 0.29) is 31.1 Å². The van der Waals surface area contributed by atoms with Gasteiger partial charge in [0, 0.05) is 42.9 Å². The van der Waals surface area contributed by atoms with Crippen molar-refractivity contribution in [1.29, 1.82) is 0 Å². The number of hydrogen-bond donors (Lipinski definition) is 6. The summed E-state index contributed by atoms with van der Waals surface area (Å²) in [7, 11) is 0. The minimum absolute atomic E-state index is 0.0529. The van der Waals surface area contributed by atoms with E-state index in [0.29, 0.717) is 32.2 Å². The Morgan fingerprint density at radius 1 is 1.04 bits per heavy atom. The molecule has 0 aliphatic carbocycles. The SMILES string of the molecule is CC(C)C[C@H]1NC(=O)[C@H]2CCCN2C(=O)[C@@H](Cc2c[nH]c3ccccc23)NC(=O)CN(C(=O)c2cn[nH]c2)C[C@H]2OCC[C@H](NC1=O)[C@@H]2O. The number of aromatic nitrogens is 3. The topological polar surface area (TPSA) is 202 Å². The molecule has 49 heavy (non-hydrogen) atoms. The van der Waals surface area contributed by atoms with Crippen molar-refractivity contribution in [3.63, 3.8) is 0 Å². The van der Waals surface area contributed by atoms with Crippen molar-refractivity contribution in [3.05, 3.63) is 54.0 Å². The van der Waals surface area contributed by atoms with E-state index in [1.54, 1.807) is 6.20 Å². The minimum atomic E-state index is -1.21. The van der Waals surface area contributed by atoms with Crippen LogP contribution >= 0.6 is 0 Å². The number of ether oxygens (including phenoxy) is 1. The van der Waals surface area contributed by atoms with E-state index in [2.05, 4.69) is 31.1 Å². The van der Waals surface area contributed by atoms with Crippen molar-refractivity contribution in [1.82, 2.24) is 40.9 Å². The number of carbonyl (C=O) groups is 5. The Bertz CT molecular complexity index is 1670. The summed E-state index contributed by atoms with van der Waals surface area (Å²) >= 11 is 0. The van der Waals surface area contributed by atoms with Crippen molar-refractivity contribution >= 4 is 40.4 Å². The van der Waals surface area contributed by atoms with Gasteiger partial charge in [-0.2, -0.15) is 5.10 Å². The van der Waals surface area contributed by atoms with Crippen molar-refractivity contribution in [3.8, 4) is 0 Å². The smallest absolute Gasteiger partial charge is 0.257 e. The van der Waals surface area contributed by atoms with E-state index in [1.807, 2.05) is 38.1 Å². The Morgan fingerprint density at radius 2 is 1.86 bits per heavy atom. The molecular weight excluding hydrogens is 632 g/mol. The second-order valence-electron chi connectivity index (χ2n) is 13.5. The van der Waals surface area contributed by atoms with Crippen molar-refractivity contribution in [2.24, 2.45) is 5.92 Å². The molecule has 262 valence electrons. The maximum absolute atomic E-state index is 14.3. The van der Waals surface area contributed by atoms with E-state index in [1.165, 1.54) is 22.2 Å². The Kier molecular flexibility index (Phi) is 10.3. The number of H-pyrrole nitrogens is 2. The lowest BCUT2D eigenvalue weighted by Crippen LogP contribution is -2.60. The number of nitrogens with one attached hydrogen (secondary N) is 5. The van der Waals surface area contributed by atoms with Crippen LogP contribution in [0.5, 0.6) is 0 Å². The minimum Gasteiger partial charge on any atom is -0.388 e. The molecule has 3 saturated heterocycles. The summed E-state index contributed by atoms with van der Waals surface area (Å²) in [6, 6.07) is 4.07. The van der Waals surface area contributed by atoms with Crippen LogP contribution in [0.3, 0.4) is 0 Å². The molecule has 0 unspecified atom stereocenters. The zero-order valence-corrected chi connectivity index (χ0v) is 27.7. The maximum atomic E-state index is 14.3. The number of carbonyl (C=O) groups excluding carboxylic acids is 5. The van der Waals surface area contributed by atoms with Gasteiger partial charge < -0.3 is 40.6 Å². The van der Waals surface area contributed by atoms with Crippen LogP contribution in [0.2, 0.25) is 0 Å². The monoisotopic (exact) mass is 676 g/mol. The Labute approximate surface area is 283 Å². The van der Waals surface area contributed by atoms with Crippen LogP contribution < -0.4 is 16.0 Å². The van der Waals surface area contributed by atoms with Crippen LogP contribution in [0.4, 0.5) is 0 Å². The number of rotatable bonds is 5. The quantitative estimate of drug-likeness (QED) is 0.220. The highest BCUT2D eigenvalue weighted by Gasteiger charge is 2.41. The average Bonchev–Trinajstić information content (AvgIpc) is 3.86. The molecule has 15 nitrogen and oxygen atoms in total. The van der Waals surface area contributed by atoms with Gasteiger partial charge in [-0.3, -0.25) is 29.1 Å². The van der Waals surface area contributed by atoms with E-state index < -0.39 is 72.5 Å². The highest BCUT2D eigenvalue weighted by molar-refractivity contribution is 5.98. The van der Waals surface area contributed by atoms with E-state index in [0.717, 1.165) is 16.5 Å². The largest absolute Gasteiger partial charge is 0.388 e. The molecule has 1 aromatic carbocycles. The summed E-state index contributed by atoms with van der Waals surface area (Å²) < 4.78 is 5.88. The summed E-state index contributed by atoms with van der Waals surface area (Å²) in [4.78, 5) is 75.2. The standard InChI is InChI=1S/C34H44N8O7/c1-19(2)12-25-31(45)39-24-9-11-49-28(30(24)44)17-41(33(47)21-15-36-37-16-21)18-29(43)38-26(13-20-14-35-23-7-4-3-6-22(20)23)34(48)42-10-5-8-27(42)32(46)40-25/h3-4,6-7,14-16,19,24-28,30,35,44H,5,8-13,17-18H2,1-2H3,(H,36,37)(H,38,43)(H,39,45)(H,40,46)/t24-,25+,26+,27+,28+,30-/m0/s1. The first-order valence-electron chi connectivity index (χ1n) is 16.9. The van der Waals surface area contributed by atoms with Crippen LogP contribution in [0, 0.1) is 5.92 Å². The summed E-state index contributed by atoms with van der Waals surface area (Å²) in [5.74, 6) is -2.42. The number of aliphatic hydroxyl groups excluding tert-OH is 1. The number of nitrogens with zero attached hydrogens (tertiary/aromatic N) is 3. The fourth-order valence-electron chi connectivity index (χ4n) is 7.07. The first-order chi connectivity index (χ1) is 23.6. The fraction of sp³-hybridized carbons (Fsp3) is 0.529. The molecule has 6 atom stereocenters. The molecule has 2 aromatic heterocycles. The van der Waals surface area contributed by atoms with Crippen molar-refractivity contribution in [2.45, 2.75) is 82.3 Å². The highest BCUT2D eigenvalue weighted by atomic mass is 16.5. The van der Waals surface area contributed by atoms with E-state index >= 15 is 0 Å². The van der Waals surface area contributed by atoms with Crippen LogP contribution in [-0.2, 0) is 30.3 Å². The van der Waals surface area contributed by atoms with Gasteiger partial charge in [0.2, 0.25) is 23.6 Å². The number of para-hydroxylation sites is 1. The molecule has 6 rings (SSSR count). The zero-order chi connectivity index (χ0) is 34.7. The summed E-state index contributed by atoms with van der Waals surface area (Å²) in [6.45, 7) is 3.74. The third-order valence-electron chi connectivity index (χ3n) is 9.56. The number of amides is 5. The van der Waals surface area contributed by atoms with Gasteiger partial charge in [-0.05, 0) is 43.2 Å². The van der Waals surface area contributed by atoms with Crippen LogP contribution in [0.1, 0.15) is 55.5 Å². The van der Waals surface area contributed by atoms with Crippen molar-refractivity contribution < 1.29 is 33.8 Å². The van der Waals surface area contributed by atoms with Crippen molar-refractivity contribution in [2.75, 3.05) is 26.2 Å². The molecule has 3 aromatic rings. The Morgan fingerprint density at radius 3 is 2.63 bits per heavy atom. The summed E-state index contributed by atoms with van der Waals surface area (Å²) in [6.07, 6.45) is 4.12. The van der Waals surface area contributed by atoms with Gasteiger partial charge >= 0.3 is 0 Å². The second-order valence-corrected chi connectivity index (χ2v) is 13.5. The molecule has 2 bridgehead atoms. The number of hydrogen-bond acceptors (Lipinski definition) is 8. The van der Waals surface area contributed by atoms with Crippen LogP contribution in [-0.4, -0.2) is 122 Å². The molecule has 6 N–H and O–H groups in total. The molecule has 0 spiro atoms. The summed E-state index contributed by atoms with van der Waals surface area (Å²) in [5, 5.41) is 27.4. The second kappa shape index (κ2) is 14.8. The lowest BCUT2D eigenvalue weighted by atomic mass is 9.97. The molecular formula is C34H44N8O7. The summed E-state index contributed by atoms with van der Waals surface area (Å²) in [5.41, 5.74) is 1.86. The van der Waals surface area contributed by atoms with Gasteiger partial charge in [0.05, 0.1) is 30.9 Å². The van der Waals surface area contributed by atoms with Crippen LogP contribution in [0.15, 0.2) is 42.9 Å². The molecule has 5 amide bonds. The van der Waals surface area contributed by atoms with E-state index in [4.69, 9.17) is 4.74 Å². The third-order valence-corrected chi connectivity index (χ3v) is 9.56. The zero-order valence-electron chi connectivity index (χ0n) is 27.7. The van der Waals surface area contributed by atoms with E-state index in [9.17, 15) is 29.1 Å². The van der Waals surface area contributed by atoms with Gasteiger partial charge in [0.1, 0.15) is 30.3 Å². The highest BCUT2D eigenvalue weighted by Crippen LogP contribution is 2.24. The lowest BCUT2D eigenvalue weighted by molar-refractivity contribution is -0.142. The Balaban J connectivity index is 1.36. The number of aliphatic hydroxyl groups is 1. The first-order valence-corrected chi connectivity index (χ1v) is 16.9. The average molecular weight is 677 g/mol. The van der Waals surface area contributed by atoms with Gasteiger partial charge in [-0.1, -0.05) is 32.0 Å². The Hall–Kier alpha value is -4.76. The normalized spacial score (nSPS) is 27.4. The van der Waals surface area contributed by atoms with Crippen LogP contribution in [0.25, 0.3) is 10.9 Å². The third kappa shape index (κ3) is 7.62. The molecule has 0 saturated carbocycles. The lowest BCUT2D eigenvalue weighted by Gasteiger charge is -2.38. The number of fused-ring (bicyclic) bond motifs is 4. The first kappa shape index (κ1) is 34.1. The van der Waals surface area contributed by atoms with Gasteiger partial charge in [-0.25, -0.2) is 0 Å². The van der Waals surface area contributed by atoms with Gasteiger partial charge in [-0.15, -0.1) is 0 Å². The molecule has 3 aliphatic rings. The molecule has 3 aliphatic heterocycles. The predicted molar refractivity (Wildman–Crippen MR) is 177 cm³/mol. The molecule has 0 radical (unpaired) electrons. The number of aromatic amines is 2. The van der Waals surface area contributed by atoms with Gasteiger partial charge in [0.15, 0.2) is 0 Å². The maximum Gasteiger partial charge on any atom is 0.257 e. The fourth-order valence-corrected chi connectivity index (χ4v) is 7.07. The molecule has 5 heterocycles. The molecule has 15 heteroatoms.